The number of carbonyl (C=O) groups is 2. The molecule has 1 fully saturated rings. The van der Waals surface area contributed by atoms with Crippen LogP contribution in [0.1, 0.15) is 12.0 Å². The fourth-order valence-corrected chi connectivity index (χ4v) is 3.94. The number of hydrogen-bond donors (Lipinski definition) is 3. The Kier molecular flexibility index (Phi) is 6.14. The van der Waals surface area contributed by atoms with E-state index in [0.717, 1.165) is 16.7 Å². The minimum absolute atomic E-state index is 0.197. The van der Waals surface area contributed by atoms with Gasteiger partial charge in [-0.3, -0.25) is 9.69 Å². The molecule has 0 saturated carbocycles. The van der Waals surface area contributed by atoms with Crippen molar-refractivity contribution >= 4 is 58.0 Å². The summed E-state index contributed by atoms with van der Waals surface area (Å²) in [6, 6.07) is 3.15. The zero-order valence-corrected chi connectivity index (χ0v) is 15.1. The number of phenolic OH excluding ortho intramolecular Hbond substituents is 2. The second kappa shape index (κ2) is 7.91. The average Bonchev–Trinajstić information content (AvgIpc) is 2.78. The minimum atomic E-state index is -1.09. The van der Waals surface area contributed by atoms with Crippen molar-refractivity contribution in [3.8, 4) is 11.5 Å². The molecule has 1 heterocycles. The van der Waals surface area contributed by atoms with E-state index in [-0.39, 0.29) is 20.7 Å². The highest BCUT2D eigenvalue weighted by Gasteiger charge is 2.40. The molecule has 9 heteroatoms. The molecule has 1 amide bonds. The van der Waals surface area contributed by atoms with E-state index in [2.05, 4.69) is 0 Å². The van der Waals surface area contributed by atoms with E-state index in [9.17, 15) is 24.9 Å². The zero-order valence-electron chi connectivity index (χ0n) is 12.6. The van der Waals surface area contributed by atoms with Gasteiger partial charge < -0.3 is 15.3 Å². The Bertz CT molecular complexity index is 719. The molecule has 1 saturated heterocycles. The van der Waals surface area contributed by atoms with Crippen molar-refractivity contribution in [2.45, 2.75) is 12.5 Å². The molecule has 24 heavy (non-hydrogen) atoms. The third kappa shape index (κ3) is 4.03. The number of carbonyl (C=O) groups excluding carboxylic acids is 1. The maximum Gasteiger partial charge on any atom is 0.326 e. The molecule has 1 aliphatic rings. The van der Waals surface area contributed by atoms with E-state index in [1.165, 1.54) is 36.0 Å². The zero-order chi connectivity index (χ0) is 17.9. The molecule has 6 nitrogen and oxygen atoms in total. The first-order chi connectivity index (χ1) is 11.3. The van der Waals surface area contributed by atoms with Crippen molar-refractivity contribution in [3.63, 3.8) is 0 Å². The lowest BCUT2D eigenvalue weighted by molar-refractivity contribution is -0.145. The van der Waals surface area contributed by atoms with Crippen molar-refractivity contribution in [3.05, 3.63) is 28.7 Å². The fraction of sp³-hybridized carbons (Fsp3) is 0.267. The largest absolute Gasteiger partial charge is 0.504 e. The molecule has 0 radical (unpaired) electrons. The van der Waals surface area contributed by atoms with Crippen LogP contribution in [0.4, 0.5) is 0 Å². The van der Waals surface area contributed by atoms with Crippen molar-refractivity contribution in [2.24, 2.45) is 0 Å². The summed E-state index contributed by atoms with van der Waals surface area (Å²) >= 11 is 7.69. The van der Waals surface area contributed by atoms with Crippen LogP contribution in [0.15, 0.2) is 23.1 Å². The monoisotopic (exact) mass is 385 g/mol. The van der Waals surface area contributed by atoms with Gasteiger partial charge in [-0.2, -0.15) is 11.8 Å². The van der Waals surface area contributed by atoms with Gasteiger partial charge in [0, 0.05) is 0 Å². The molecule has 0 bridgehead atoms. The standard InChI is InChI=1S/C15H15NO5S3/c1-23-5-4-9(14(20)21)16-13(19)12(24-15(16)22)7-8-2-3-10(17)11(18)6-8/h2-3,6-7,9,17-18H,4-5H2,1H3,(H,20,21)/b12-7-. The van der Waals surface area contributed by atoms with Gasteiger partial charge in [-0.25, -0.2) is 4.79 Å². The van der Waals surface area contributed by atoms with Gasteiger partial charge in [-0.15, -0.1) is 0 Å². The number of thioether (sulfide) groups is 2. The van der Waals surface area contributed by atoms with Crippen molar-refractivity contribution in [2.75, 3.05) is 12.0 Å². The average molecular weight is 385 g/mol. The van der Waals surface area contributed by atoms with Crippen LogP contribution in [-0.4, -0.2) is 54.5 Å². The Morgan fingerprint density at radius 2 is 2.12 bits per heavy atom. The Hall–Kier alpha value is -1.71. The van der Waals surface area contributed by atoms with Gasteiger partial charge in [0.25, 0.3) is 5.91 Å². The van der Waals surface area contributed by atoms with Gasteiger partial charge in [-0.05, 0) is 42.2 Å². The van der Waals surface area contributed by atoms with E-state index >= 15 is 0 Å². The highest BCUT2D eigenvalue weighted by atomic mass is 32.2. The quantitative estimate of drug-likeness (QED) is 0.390. The van der Waals surface area contributed by atoms with Crippen LogP contribution < -0.4 is 0 Å². The number of phenols is 2. The van der Waals surface area contributed by atoms with Crippen LogP contribution in [0.5, 0.6) is 11.5 Å². The lowest BCUT2D eigenvalue weighted by Crippen LogP contribution is -2.44. The normalized spacial score (nSPS) is 17.5. The molecule has 1 aromatic carbocycles. The molecule has 1 aliphatic heterocycles. The summed E-state index contributed by atoms with van der Waals surface area (Å²) in [5, 5.41) is 28.2. The summed E-state index contributed by atoms with van der Waals surface area (Å²) < 4.78 is 0.197. The highest BCUT2D eigenvalue weighted by Crippen LogP contribution is 2.36. The predicted octanol–water partition coefficient (Wildman–Crippen LogP) is 2.51. The van der Waals surface area contributed by atoms with Gasteiger partial charge in [0.15, 0.2) is 11.5 Å². The molecule has 3 N–H and O–H groups in total. The van der Waals surface area contributed by atoms with Gasteiger partial charge in [0.2, 0.25) is 0 Å². The van der Waals surface area contributed by atoms with Gasteiger partial charge in [0.05, 0.1) is 4.91 Å². The molecule has 0 aliphatic carbocycles. The van der Waals surface area contributed by atoms with Crippen molar-refractivity contribution in [1.29, 1.82) is 0 Å². The molecular weight excluding hydrogens is 370 g/mol. The third-order valence-electron chi connectivity index (χ3n) is 3.31. The highest BCUT2D eigenvalue weighted by molar-refractivity contribution is 8.26. The number of hydrogen-bond acceptors (Lipinski definition) is 7. The number of thiocarbonyl (C=S) groups is 1. The Morgan fingerprint density at radius 1 is 1.42 bits per heavy atom. The third-order valence-corrected chi connectivity index (χ3v) is 5.29. The first-order valence-corrected chi connectivity index (χ1v) is 9.47. The number of nitrogens with zero attached hydrogens (tertiary/aromatic N) is 1. The smallest absolute Gasteiger partial charge is 0.326 e. The number of carboxylic acid groups (broad SMARTS) is 1. The molecule has 0 aromatic heterocycles. The van der Waals surface area contributed by atoms with Gasteiger partial charge in [-0.1, -0.05) is 30.0 Å². The Labute approximate surface area is 152 Å². The molecule has 0 spiro atoms. The van der Waals surface area contributed by atoms with Crippen molar-refractivity contribution < 1.29 is 24.9 Å². The number of amides is 1. The van der Waals surface area contributed by atoms with Crippen LogP contribution in [0.3, 0.4) is 0 Å². The molecule has 1 atom stereocenters. The lowest BCUT2D eigenvalue weighted by Gasteiger charge is -2.22. The molecule has 1 unspecified atom stereocenters. The molecule has 128 valence electrons. The number of aliphatic carboxylic acids is 1. The molecule has 2 rings (SSSR count). The van der Waals surface area contributed by atoms with E-state index in [1.807, 2.05) is 6.26 Å². The number of benzene rings is 1. The number of rotatable bonds is 6. The van der Waals surface area contributed by atoms with Gasteiger partial charge in [0.1, 0.15) is 10.4 Å². The Balaban J connectivity index is 2.28. The maximum atomic E-state index is 12.5. The van der Waals surface area contributed by atoms with Gasteiger partial charge >= 0.3 is 5.97 Å². The summed E-state index contributed by atoms with van der Waals surface area (Å²) in [4.78, 5) is 25.4. The summed E-state index contributed by atoms with van der Waals surface area (Å²) in [6.45, 7) is 0. The lowest BCUT2D eigenvalue weighted by atomic mass is 10.1. The Morgan fingerprint density at radius 3 is 2.71 bits per heavy atom. The topological polar surface area (TPSA) is 98.1 Å². The molecular formula is C15H15NO5S3. The first-order valence-electron chi connectivity index (χ1n) is 6.86. The van der Waals surface area contributed by atoms with Crippen molar-refractivity contribution in [1.82, 2.24) is 4.90 Å². The second-order valence-electron chi connectivity index (χ2n) is 4.94. The number of aromatic hydroxyl groups is 2. The van der Waals surface area contributed by atoms with Crippen LogP contribution in [0, 0.1) is 0 Å². The number of carboxylic acids is 1. The summed E-state index contributed by atoms with van der Waals surface area (Å²) in [5.41, 5.74) is 0.502. The van der Waals surface area contributed by atoms with Crippen LogP contribution in [0.2, 0.25) is 0 Å². The summed E-state index contributed by atoms with van der Waals surface area (Å²) in [6.07, 6.45) is 3.67. The van der Waals surface area contributed by atoms with Crippen LogP contribution >= 0.6 is 35.7 Å². The summed E-state index contributed by atoms with van der Waals surface area (Å²) in [5.74, 6) is -1.53. The first kappa shape index (κ1) is 18.6. The molecule has 1 aromatic rings. The van der Waals surface area contributed by atoms with E-state index in [1.54, 1.807) is 0 Å². The van der Waals surface area contributed by atoms with E-state index in [0.29, 0.717) is 17.7 Å². The summed E-state index contributed by atoms with van der Waals surface area (Å²) in [7, 11) is 0. The van der Waals surface area contributed by atoms with E-state index < -0.39 is 17.9 Å². The predicted molar refractivity (Wildman–Crippen MR) is 99.2 cm³/mol. The minimum Gasteiger partial charge on any atom is -0.504 e. The van der Waals surface area contributed by atoms with Crippen LogP contribution in [0.25, 0.3) is 6.08 Å². The fourth-order valence-electron chi connectivity index (χ4n) is 2.12. The maximum absolute atomic E-state index is 12.5. The SMILES string of the molecule is CSCCC(C(=O)O)N1C(=O)/C(=C/c2ccc(O)c(O)c2)SC1=S. The second-order valence-corrected chi connectivity index (χ2v) is 7.60. The van der Waals surface area contributed by atoms with Crippen LogP contribution in [-0.2, 0) is 9.59 Å². The van der Waals surface area contributed by atoms with E-state index in [4.69, 9.17) is 12.2 Å².